The Morgan fingerprint density at radius 3 is 2.12 bits per heavy atom. The summed E-state index contributed by atoms with van der Waals surface area (Å²) >= 11 is 0. The van der Waals surface area contributed by atoms with E-state index in [4.69, 9.17) is 4.42 Å². The second-order valence-corrected chi connectivity index (χ2v) is 4.55. The van der Waals surface area contributed by atoms with Crippen molar-refractivity contribution in [2.24, 2.45) is 10.4 Å². The number of aromatic hydroxyl groups is 1. The maximum absolute atomic E-state index is 12.5. The van der Waals surface area contributed by atoms with Crippen LogP contribution in [0.15, 0.2) is 62.2 Å². The molecule has 0 fully saturated rings. The first-order valence-electron chi connectivity index (χ1n) is 7.19. The highest BCUT2D eigenvalue weighted by Gasteiger charge is 2.13. The molecule has 7 nitrogen and oxygen atoms in total. The lowest BCUT2D eigenvalue weighted by Gasteiger charge is -2.04. The van der Waals surface area contributed by atoms with Gasteiger partial charge in [0.05, 0.1) is 10.9 Å². The number of benzene rings is 2. The van der Waals surface area contributed by atoms with Crippen LogP contribution in [0.1, 0.15) is 13.8 Å². The van der Waals surface area contributed by atoms with E-state index in [-0.39, 0.29) is 39.1 Å². The highest BCUT2D eigenvalue weighted by Crippen LogP contribution is 2.32. The third-order valence-corrected chi connectivity index (χ3v) is 3.24. The Labute approximate surface area is 136 Å². The molecular weight excluding hydrogens is 312 g/mol. The Hall–Kier alpha value is -3.35. The van der Waals surface area contributed by atoms with Crippen molar-refractivity contribution in [3.63, 3.8) is 0 Å². The predicted octanol–water partition coefficient (Wildman–Crippen LogP) is 4.99. The number of phenolic OH excluding ortho intramolecular Hbond substituents is 1. The second-order valence-electron chi connectivity index (χ2n) is 4.55. The van der Waals surface area contributed by atoms with Gasteiger partial charge >= 0.3 is 0 Å². The number of rotatable bonds is 3. The summed E-state index contributed by atoms with van der Waals surface area (Å²) in [5.41, 5.74) is 0.146. The summed E-state index contributed by atoms with van der Waals surface area (Å²) in [5, 5.41) is 14.8. The molecule has 0 aliphatic rings. The van der Waals surface area contributed by atoms with E-state index in [1.807, 2.05) is 13.8 Å². The largest absolute Gasteiger partial charge is 0.508 e. The lowest BCUT2D eigenvalue weighted by Crippen LogP contribution is -2.04. The maximum atomic E-state index is 12.5. The second kappa shape index (κ2) is 7.28. The van der Waals surface area contributed by atoms with Crippen LogP contribution in [0.4, 0.5) is 11.4 Å². The van der Waals surface area contributed by atoms with Gasteiger partial charge in [0.15, 0.2) is 0 Å². The molecule has 0 spiro atoms. The maximum Gasteiger partial charge on any atom is 0.200 e. The molecule has 0 bridgehead atoms. The summed E-state index contributed by atoms with van der Waals surface area (Å²) in [4.78, 5) is 33.9. The van der Waals surface area contributed by atoms with Crippen molar-refractivity contribution >= 4 is 22.3 Å². The number of fused-ring (bicyclic) bond motifs is 1. The molecule has 0 atom stereocenters. The van der Waals surface area contributed by atoms with Crippen LogP contribution < -0.4 is 5.43 Å². The van der Waals surface area contributed by atoms with E-state index >= 15 is 0 Å². The molecule has 7 heteroatoms. The Bertz CT molecular complexity index is 946. The molecule has 0 saturated heterocycles. The van der Waals surface area contributed by atoms with Crippen LogP contribution in [-0.2, 0) is 0 Å². The molecular formula is C17H14N2O5. The molecule has 3 rings (SSSR count). The van der Waals surface area contributed by atoms with Crippen LogP contribution in [-0.4, -0.2) is 5.11 Å². The highest BCUT2D eigenvalue weighted by atomic mass is 16.3. The van der Waals surface area contributed by atoms with Crippen molar-refractivity contribution in [1.29, 1.82) is 0 Å². The fraction of sp³-hybridized carbons (Fsp3) is 0.118. The molecule has 2 aromatic carbocycles. The fourth-order valence-electron chi connectivity index (χ4n) is 2.14. The Morgan fingerprint density at radius 2 is 1.54 bits per heavy atom. The van der Waals surface area contributed by atoms with E-state index in [0.717, 1.165) is 0 Å². The predicted molar refractivity (Wildman–Crippen MR) is 91.8 cm³/mol. The summed E-state index contributed by atoms with van der Waals surface area (Å²) in [6.07, 6.45) is 1.25. The zero-order valence-electron chi connectivity index (χ0n) is 13.0. The van der Waals surface area contributed by atoms with Crippen LogP contribution in [0.5, 0.6) is 5.75 Å². The Balaban J connectivity index is 0.00000100. The van der Waals surface area contributed by atoms with Gasteiger partial charge < -0.3 is 9.52 Å². The SMILES string of the molecule is CC.O=Nc1cc2occ(-c3ccc(O)cc3)c(=O)c2cc1N=O. The minimum atomic E-state index is -0.380. The van der Waals surface area contributed by atoms with Gasteiger partial charge in [-0.05, 0) is 34.1 Å². The summed E-state index contributed by atoms with van der Waals surface area (Å²) < 4.78 is 5.35. The Morgan fingerprint density at radius 1 is 0.958 bits per heavy atom. The van der Waals surface area contributed by atoms with Crippen molar-refractivity contribution in [2.45, 2.75) is 13.8 Å². The number of nitroso groups, excluding NO2 is 2. The van der Waals surface area contributed by atoms with Crippen LogP contribution in [0, 0.1) is 9.81 Å². The van der Waals surface area contributed by atoms with E-state index in [1.54, 1.807) is 12.1 Å². The van der Waals surface area contributed by atoms with Crippen LogP contribution >= 0.6 is 0 Å². The third kappa shape index (κ3) is 3.05. The molecule has 0 aliphatic carbocycles. The van der Waals surface area contributed by atoms with E-state index in [1.165, 1.54) is 30.5 Å². The van der Waals surface area contributed by atoms with E-state index in [9.17, 15) is 19.7 Å². The lowest BCUT2D eigenvalue weighted by atomic mass is 10.0. The number of hydrogen-bond acceptors (Lipinski definition) is 7. The smallest absolute Gasteiger partial charge is 0.200 e. The molecule has 0 amide bonds. The normalized spacial score (nSPS) is 9.92. The van der Waals surface area contributed by atoms with Gasteiger partial charge in [0.2, 0.25) is 5.43 Å². The van der Waals surface area contributed by atoms with Crippen molar-refractivity contribution < 1.29 is 9.52 Å². The minimum Gasteiger partial charge on any atom is -0.508 e. The summed E-state index contributed by atoms with van der Waals surface area (Å²) in [6, 6.07) is 8.38. The van der Waals surface area contributed by atoms with Gasteiger partial charge in [-0.3, -0.25) is 4.79 Å². The monoisotopic (exact) mass is 326 g/mol. The molecule has 122 valence electrons. The van der Waals surface area contributed by atoms with E-state index in [2.05, 4.69) is 10.4 Å². The standard InChI is InChI=1S/C15H8N2O5.C2H6/c18-9-3-1-8(2-4-9)11-7-22-14-6-13(17-21)12(16-20)5-10(14)15(11)19;1-2/h1-7,18H;1-2H3. The molecule has 1 heterocycles. The first-order chi connectivity index (χ1) is 11.6. The first-order valence-corrected chi connectivity index (χ1v) is 7.19. The van der Waals surface area contributed by atoms with Gasteiger partial charge in [-0.2, -0.15) is 0 Å². The van der Waals surface area contributed by atoms with E-state index < -0.39 is 0 Å². The van der Waals surface area contributed by atoms with Gasteiger partial charge in [-0.1, -0.05) is 26.0 Å². The zero-order chi connectivity index (χ0) is 17.7. The topological polar surface area (TPSA) is 109 Å². The van der Waals surface area contributed by atoms with Gasteiger partial charge in [0.1, 0.15) is 29.0 Å². The van der Waals surface area contributed by atoms with E-state index in [0.29, 0.717) is 5.56 Å². The molecule has 1 aromatic heterocycles. The highest BCUT2D eigenvalue weighted by molar-refractivity contribution is 5.88. The van der Waals surface area contributed by atoms with Crippen molar-refractivity contribution in [2.75, 3.05) is 0 Å². The average molecular weight is 326 g/mol. The zero-order valence-corrected chi connectivity index (χ0v) is 13.0. The minimum absolute atomic E-state index is 0.0723. The number of hydrogen-bond donors (Lipinski definition) is 1. The molecule has 0 unspecified atom stereocenters. The molecule has 0 aliphatic heterocycles. The van der Waals surface area contributed by atoms with Crippen LogP contribution in [0.2, 0.25) is 0 Å². The van der Waals surface area contributed by atoms with Gasteiger partial charge in [-0.25, -0.2) is 0 Å². The first kappa shape index (κ1) is 17.0. The molecule has 0 saturated carbocycles. The summed E-state index contributed by atoms with van der Waals surface area (Å²) in [5.74, 6) is 0.0723. The molecule has 24 heavy (non-hydrogen) atoms. The molecule has 0 radical (unpaired) electrons. The summed E-state index contributed by atoms with van der Waals surface area (Å²) in [6.45, 7) is 4.00. The fourth-order valence-corrected chi connectivity index (χ4v) is 2.14. The quantitative estimate of drug-likeness (QED) is 0.682. The van der Waals surface area contributed by atoms with Crippen LogP contribution in [0.3, 0.4) is 0 Å². The van der Waals surface area contributed by atoms with Crippen LogP contribution in [0.25, 0.3) is 22.1 Å². The molecule has 1 N–H and O–H groups in total. The third-order valence-electron chi connectivity index (χ3n) is 3.24. The van der Waals surface area contributed by atoms with Crippen molar-refractivity contribution in [3.05, 3.63) is 62.7 Å². The lowest BCUT2D eigenvalue weighted by molar-refractivity contribution is 0.475. The average Bonchev–Trinajstić information content (AvgIpc) is 2.63. The van der Waals surface area contributed by atoms with Crippen molar-refractivity contribution in [1.82, 2.24) is 0 Å². The Kier molecular flexibility index (Phi) is 5.16. The number of nitrogens with zero attached hydrogens (tertiary/aromatic N) is 2. The van der Waals surface area contributed by atoms with Gasteiger partial charge in [0.25, 0.3) is 0 Å². The van der Waals surface area contributed by atoms with Crippen molar-refractivity contribution in [3.8, 4) is 16.9 Å². The molecule has 3 aromatic rings. The van der Waals surface area contributed by atoms with Gasteiger partial charge in [0, 0.05) is 6.07 Å². The van der Waals surface area contributed by atoms with Gasteiger partial charge in [-0.15, -0.1) is 9.81 Å². The summed E-state index contributed by atoms with van der Waals surface area (Å²) in [7, 11) is 0. The number of phenols is 1.